The molecule has 0 unspecified atom stereocenters. The first-order chi connectivity index (χ1) is 16.3. The van der Waals surface area contributed by atoms with Gasteiger partial charge in [-0.3, -0.25) is 9.88 Å². The van der Waals surface area contributed by atoms with Crippen molar-refractivity contribution in [3.05, 3.63) is 94.3 Å². The number of aryl methyl sites for hydroxylation is 1. The van der Waals surface area contributed by atoms with Gasteiger partial charge >= 0.3 is 6.18 Å². The van der Waals surface area contributed by atoms with Gasteiger partial charge in [0.1, 0.15) is 0 Å². The van der Waals surface area contributed by atoms with E-state index in [0.29, 0.717) is 17.5 Å². The lowest BCUT2D eigenvalue weighted by atomic mass is 9.95. The van der Waals surface area contributed by atoms with Crippen LogP contribution in [0.25, 0.3) is 16.7 Å². The molecule has 0 atom stereocenters. The molecule has 34 heavy (non-hydrogen) atoms. The van der Waals surface area contributed by atoms with Crippen molar-refractivity contribution in [3.63, 3.8) is 0 Å². The average Bonchev–Trinajstić information content (AvgIpc) is 3.23. The van der Waals surface area contributed by atoms with E-state index in [4.69, 9.17) is 0 Å². The van der Waals surface area contributed by atoms with Gasteiger partial charge in [-0.25, -0.2) is 0 Å². The molecule has 2 heterocycles. The van der Waals surface area contributed by atoms with Crippen molar-refractivity contribution in [1.82, 2.24) is 14.8 Å². The predicted molar refractivity (Wildman–Crippen MR) is 129 cm³/mol. The van der Waals surface area contributed by atoms with E-state index in [9.17, 15) is 13.2 Å². The summed E-state index contributed by atoms with van der Waals surface area (Å²) in [6.07, 6.45) is 0.108. The molecular weight excluding hydrogens is 435 g/mol. The summed E-state index contributed by atoms with van der Waals surface area (Å²) in [5.74, 6) is 0. The number of allylic oxidation sites excluding steroid dienone is 1. The molecule has 0 bridgehead atoms. The van der Waals surface area contributed by atoms with Crippen molar-refractivity contribution in [2.45, 2.75) is 26.1 Å². The number of halogens is 3. The maximum Gasteiger partial charge on any atom is 0.416 e. The van der Waals surface area contributed by atoms with Crippen molar-refractivity contribution in [3.8, 4) is 11.1 Å². The Morgan fingerprint density at radius 1 is 0.882 bits per heavy atom. The SMILES string of the molecule is Cc1cc(C2=CCc3ncc(-c4ccc(CN5CCN(C)CC5)cc4)cc32)cc(C(F)(F)F)c1. The van der Waals surface area contributed by atoms with Crippen molar-refractivity contribution in [2.24, 2.45) is 0 Å². The highest BCUT2D eigenvalue weighted by Crippen LogP contribution is 2.38. The van der Waals surface area contributed by atoms with Gasteiger partial charge < -0.3 is 4.90 Å². The summed E-state index contributed by atoms with van der Waals surface area (Å²) < 4.78 is 40.1. The van der Waals surface area contributed by atoms with Crippen LogP contribution in [0, 0.1) is 6.92 Å². The van der Waals surface area contributed by atoms with E-state index in [1.165, 1.54) is 17.7 Å². The predicted octanol–water partition coefficient (Wildman–Crippen LogP) is 5.81. The molecule has 0 amide bonds. The molecule has 3 aromatic rings. The first kappa shape index (κ1) is 22.8. The molecule has 1 aliphatic heterocycles. The van der Waals surface area contributed by atoms with Crippen LogP contribution in [0.4, 0.5) is 13.2 Å². The van der Waals surface area contributed by atoms with Gasteiger partial charge in [-0.05, 0) is 60.0 Å². The number of fused-ring (bicyclic) bond motifs is 1. The largest absolute Gasteiger partial charge is 0.416 e. The van der Waals surface area contributed by atoms with E-state index in [0.717, 1.165) is 60.7 Å². The highest BCUT2D eigenvalue weighted by atomic mass is 19.4. The molecule has 2 aliphatic rings. The Bertz CT molecular complexity index is 1220. The summed E-state index contributed by atoms with van der Waals surface area (Å²) in [7, 11) is 2.16. The van der Waals surface area contributed by atoms with Crippen LogP contribution < -0.4 is 0 Å². The van der Waals surface area contributed by atoms with E-state index < -0.39 is 11.7 Å². The number of likely N-dealkylation sites (N-methyl/N-ethyl adjacent to an activating group) is 1. The number of rotatable bonds is 4. The number of piperazine rings is 1. The lowest BCUT2D eigenvalue weighted by Gasteiger charge is -2.32. The van der Waals surface area contributed by atoms with Crippen LogP contribution in [0.2, 0.25) is 0 Å². The second-order valence-electron chi connectivity index (χ2n) is 9.40. The fourth-order valence-corrected chi connectivity index (χ4v) is 4.80. The third-order valence-electron chi connectivity index (χ3n) is 6.76. The quantitative estimate of drug-likeness (QED) is 0.487. The molecule has 176 valence electrons. The lowest BCUT2D eigenvalue weighted by molar-refractivity contribution is -0.137. The van der Waals surface area contributed by atoms with E-state index >= 15 is 0 Å². The number of hydrogen-bond acceptors (Lipinski definition) is 3. The van der Waals surface area contributed by atoms with Crippen LogP contribution in [-0.2, 0) is 19.1 Å². The van der Waals surface area contributed by atoms with Crippen LogP contribution in [0.5, 0.6) is 0 Å². The second kappa shape index (κ2) is 9.01. The van der Waals surface area contributed by atoms with Gasteiger partial charge in [0.05, 0.1) is 11.3 Å². The van der Waals surface area contributed by atoms with Crippen LogP contribution in [0.1, 0.15) is 33.5 Å². The molecule has 1 aliphatic carbocycles. The Morgan fingerprint density at radius 2 is 1.62 bits per heavy atom. The third-order valence-corrected chi connectivity index (χ3v) is 6.76. The van der Waals surface area contributed by atoms with Gasteiger partial charge in [-0.15, -0.1) is 0 Å². The lowest BCUT2D eigenvalue weighted by Crippen LogP contribution is -2.43. The number of hydrogen-bond donors (Lipinski definition) is 0. The zero-order chi connectivity index (χ0) is 23.9. The van der Waals surface area contributed by atoms with Crippen molar-refractivity contribution < 1.29 is 13.2 Å². The minimum atomic E-state index is -4.37. The Hall–Kier alpha value is -2.96. The number of aromatic nitrogens is 1. The van der Waals surface area contributed by atoms with Gasteiger partial charge in [0, 0.05) is 56.5 Å². The molecule has 6 heteroatoms. The molecule has 5 rings (SSSR count). The topological polar surface area (TPSA) is 19.4 Å². The van der Waals surface area contributed by atoms with Gasteiger partial charge in [0.2, 0.25) is 0 Å². The maximum absolute atomic E-state index is 13.4. The smallest absolute Gasteiger partial charge is 0.304 e. The molecule has 3 nitrogen and oxygen atoms in total. The molecule has 1 saturated heterocycles. The number of pyridine rings is 1. The standard InChI is InChI=1S/C28H28F3N3/c1-19-13-22(15-24(14-19)28(29,30)31)25-7-8-27-26(25)16-23(17-32-27)21-5-3-20(4-6-21)18-34-11-9-33(2)10-12-34/h3-7,13-17H,8-12,18H2,1-2H3. The van der Waals surface area contributed by atoms with Gasteiger partial charge in [-0.1, -0.05) is 36.4 Å². The molecule has 0 spiro atoms. The minimum absolute atomic E-state index is 0.590. The Labute approximate surface area is 198 Å². The van der Waals surface area contributed by atoms with E-state index in [-0.39, 0.29) is 0 Å². The van der Waals surface area contributed by atoms with Gasteiger partial charge in [-0.2, -0.15) is 13.2 Å². The zero-order valence-electron chi connectivity index (χ0n) is 19.5. The van der Waals surface area contributed by atoms with Crippen LogP contribution in [-0.4, -0.2) is 48.0 Å². The zero-order valence-corrected chi connectivity index (χ0v) is 19.5. The summed E-state index contributed by atoms with van der Waals surface area (Å²) in [5, 5.41) is 0. The van der Waals surface area contributed by atoms with Crippen molar-refractivity contribution in [2.75, 3.05) is 33.2 Å². The fourth-order valence-electron chi connectivity index (χ4n) is 4.80. The molecule has 0 saturated carbocycles. The summed E-state index contributed by atoms with van der Waals surface area (Å²) in [6, 6.07) is 14.9. The molecule has 0 radical (unpaired) electrons. The minimum Gasteiger partial charge on any atom is -0.304 e. The fraction of sp³-hybridized carbons (Fsp3) is 0.321. The summed E-state index contributed by atoms with van der Waals surface area (Å²) in [4.78, 5) is 9.46. The van der Waals surface area contributed by atoms with Crippen LogP contribution in [0.3, 0.4) is 0 Å². The summed E-state index contributed by atoms with van der Waals surface area (Å²) in [6.45, 7) is 7.00. The second-order valence-corrected chi connectivity index (χ2v) is 9.40. The highest BCUT2D eigenvalue weighted by Gasteiger charge is 2.31. The van der Waals surface area contributed by atoms with E-state index in [2.05, 4.69) is 52.2 Å². The first-order valence-corrected chi connectivity index (χ1v) is 11.7. The van der Waals surface area contributed by atoms with E-state index in [1.54, 1.807) is 6.92 Å². The van der Waals surface area contributed by atoms with Gasteiger partial charge in [0.15, 0.2) is 0 Å². The number of benzene rings is 2. The molecule has 1 fully saturated rings. The van der Waals surface area contributed by atoms with Crippen LogP contribution >= 0.6 is 0 Å². The van der Waals surface area contributed by atoms with Gasteiger partial charge in [0.25, 0.3) is 0 Å². The molecular formula is C28H28F3N3. The molecule has 1 aromatic heterocycles. The third kappa shape index (κ3) is 4.79. The number of nitrogens with zero attached hydrogens (tertiary/aromatic N) is 3. The Balaban J connectivity index is 1.38. The molecule has 2 aromatic carbocycles. The number of alkyl halides is 3. The first-order valence-electron chi connectivity index (χ1n) is 11.7. The summed E-state index contributed by atoms with van der Waals surface area (Å²) >= 11 is 0. The van der Waals surface area contributed by atoms with Crippen molar-refractivity contribution >= 4 is 5.57 Å². The normalized spacial score (nSPS) is 17.0. The van der Waals surface area contributed by atoms with Crippen molar-refractivity contribution in [1.29, 1.82) is 0 Å². The highest BCUT2D eigenvalue weighted by molar-refractivity contribution is 5.86. The molecule has 0 N–H and O–H groups in total. The van der Waals surface area contributed by atoms with E-state index in [1.807, 2.05) is 18.3 Å². The Morgan fingerprint density at radius 3 is 2.32 bits per heavy atom. The maximum atomic E-state index is 13.4. The Kier molecular flexibility index (Phi) is 6.04. The summed E-state index contributed by atoms with van der Waals surface area (Å²) in [5.41, 5.74) is 6.53. The monoisotopic (exact) mass is 463 g/mol. The average molecular weight is 464 g/mol. The van der Waals surface area contributed by atoms with Crippen LogP contribution in [0.15, 0.2) is 60.8 Å².